The molecule has 32 heavy (non-hydrogen) atoms. The van der Waals surface area contributed by atoms with Gasteiger partial charge < -0.3 is 25.6 Å². The molecule has 1 amide bonds. The quantitative estimate of drug-likeness (QED) is 0.519. The maximum atomic E-state index is 11.9. The van der Waals surface area contributed by atoms with Crippen molar-refractivity contribution in [2.45, 2.75) is 31.4 Å². The minimum Gasteiger partial charge on any atom is -0.485 e. The number of nitrogens with two attached hydrogens (primary N) is 1. The van der Waals surface area contributed by atoms with Crippen molar-refractivity contribution in [1.82, 2.24) is 4.98 Å². The lowest BCUT2D eigenvalue weighted by Gasteiger charge is -2.26. The predicted molar refractivity (Wildman–Crippen MR) is 118 cm³/mol. The number of rotatable bonds is 7. The fraction of sp³-hybridized carbons (Fsp3) is 0.208. The van der Waals surface area contributed by atoms with Gasteiger partial charge >= 0.3 is 5.97 Å². The van der Waals surface area contributed by atoms with E-state index in [0.717, 1.165) is 24.2 Å². The molecule has 0 aliphatic carbocycles. The number of anilines is 1. The molecule has 8 nitrogen and oxygen atoms in total. The summed E-state index contributed by atoms with van der Waals surface area (Å²) < 4.78 is 12.0. The van der Waals surface area contributed by atoms with Crippen molar-refractivity contribution >= 4 is 17.6 Å². The normalized spacial score (nSPS) is 15.7. The van der Waals surface area contributed by atoms with Gasteiger partial charge in [0.05, 0.1) is 24.3 Å². The second-order valence-corrected chi connectivity index (χ2v) is 7.51. The summed E-state index contributed by atoms with van der Waals surface area (Å²) in [5.41, 5.74) is 8.18. The molecule has 0 radical (unpaired) electrons. The van der Waals surface area contributed by atoms with Crippen LogP contribution >= 0.6 is 0 Å². The highest BCUT2D eigenvalue weighted by Crippen LogP contribution is 2.37. The number of carbonyl (C=O) groups is 2. The number of fused-ring (bicyclic) bond motifs is 1. The molecule has 1 aliphatic heterocycles. The van der Waals surface area contributed by atoms with E-state index in [2.05, 4.69) is 22.4 Å². The molecule has 2 heterocycles. The smallest absolute Gasteiger partial charge is 0.305 e. The Labute approximate surface area is 185 Å². The first-order valence-corrected chi connectivity index (χ1v) is 10.2. The van der Waals surface area contributed by atoms with Gasteiger partial charge in [-0.15, -0.1) is 0 Å². The maximum Gasteiger partial charge on any atom is 0.305 e. The van der Waals surface area contributed by atoms with Gasteiger partial charge in [0.25, 0.3) is 0 Å². The Morgan fingerprint density at radius 2 is 2.00 bits per heavy atom. The van der Waals surface area contributed by atoms with Crippen LogP contribution < -0.4 is 20.5 Å². The van der Waals surface area contributed by atoms with Gasteiger partial charge in [-0.3, -0.25) is 9.59 Å². The van der Waals surface area contributed by atoms with E-state index in [1.54, 1.807) is 12.1 Å². The lowest BCUT2D eigenvalue weighted by atomic mass is 9.97. The van der Waals surface area contributed by atoms with Crippen LogP contribution in [-0.4, -0.2) is 28.0 Å². The van der Waals surface area contributed by atoms with Crippen molar-refractivity contribution in [3.05, 3.63) is 78.0 Å². The van der Waals surface area contributed by atoms with Crippen molar-refractivity contribution < 1.29 is 24.2 Å². The van der Waals surface area contributed by atoms with Crippen LogP contribution in [0.5, 0.6) is 17.4 Å². The first-order chi connectivity index (χ1) is 15.5. The molecule has 8 heteroatoms. The Morgan fingerprint density at radius 3 is 2.72 bits per heavy atom. The zero-order chi connectivity index (χ0) is 22.5. The zero-order valence-electron chi connectivity index (χ0n) is 17.2. The standard InChI is InChI=1S/C24H23N3O5/c25-19(13-23(28)29)24(30)27-17-7-11-22(26-14-17)31-18-8-10-21-16(12-18)6-9-20(32-21)15-4-2-1-3-5-15/h1-5,7-8,10-12,14,19-20H,6,9,13,25H2,(H,27,30)(H,28,29)/t19?,20-/m0/s1. The molecule has 164 valence electrons. The van der Waals surface area contributed by atoms with Gasteiger partial charge in [0.1, 0.15) is 17.6 Å². The van der Waals surface area contributed by atoms with E-state index >= 15 is 0 Å². The van der Waals surface area contributed by atoms with E-state index in [4.69, 9.17) is 20.3 Å². The van der Waals surface area contributed by atoms with E-state index in [1.165, 1.54) is 11.8 Å². The minimum absolute atomic E-state index is 0.0449. The first kappa shape index (κ1) is 21.3. The molecule has 3 aromatic rings. The monoisotopic (exact) mass is 433 g/mol. The van der Waals surface area contributed by atoms with Crippen LogP contribution in [0.3, 0.4) is 0 Å². The number of benzene rings is 2. The van der Waals surface area contributed by atoms with Crippen LogP contribution in [0.1, 0.15) is 30.1 Å². The highest BCUT2D eigenvalue weighted by Gasteiger charge is 2.22. The van der Waals surface area contributed by atoms with Gasteiger partial charge in [-0.1, -0.05) is 30.3 Å². The number of ether oxygens (including phenoxy) is 2. The van der Waals surface area contributed by atoms with Crippen LogP contribution in [0.15, 0.2) is 66.9 Å². The van der Waals surface area contributed by atoms with Crippen LogP contribution in [-0.2, 0) is 16.0 Å². The number of aryl methyl sites for hydroxylation is 1. The second kappa shape index (κ2) is 9.49. The Hall–Kier alpha value is -3.91. The van der Waals surface area contributed by atoms with Crippen molar-refractivity contribution in [2.24, 2.45) is 5.73 Å². The third-order valence-electron chi connectivity index (χ3n) is 5.11. The Bertz CT molecular complexity index is 1100. The van der Waals surface area contributed by atoms with Crippen LogP contribution in [0.25, 0.3) is 0 Å². The number of hydrogen-bond donors (Lipinski definition) is 3. The van der Waals surface area contributed by atoms with E-state index < -0.39 is 24.3 Å². The zero-order valence-corrected chi connectivity index (χ0v) is 17.2. The van der Waals surface area contributed by atoms with Crippen molar-refractivity contribution in [2.75, 3.05) is 5.32 Å². The number of aliphatic carboxylic acids is 1. The molecule has 0 bridgehead atoms. The maximum absolute atomic E-state index is 11.9. The molecular weight excluding hydrogens is 410 g/mol. The Balaban J connectivity index is 1.37. The average molecular weight is 433 g/mol. The minimum atomic E-state index is -1.14. The molecule has 2 atom stereocenters. The van der Waals surface area contributed by atoms with Gasteiger partial charge in [-0.2, -0.15) is 0 Å². The van der Waals surface area contributed by atoms with Crippen LogP contribution in [0.4, 0.5) is 5.69 Å². The summed E-state index contributed by atoms with van der Waals surface area (Å²) in [5.74, 6) is 0.114. The number of carbonyl (C=O) groups excluding carboxylic acids is 1. The van der Waals surface area contributed by atoms with Crippen LogP contribution in [0.2, 0.25) is 0 Å². The number of aromatic nitrogens is 1. The summed E-state index contributed by atoms with van der Waals surface area (Å²) >= 11 is 0. The van der Waals surface area contributed by atoms with Crippen molar-refractivity contribution in [3.63, 3.8) is 0 Å². The molecule has 0 saturated carbocycles. The molecule has 4 N–H and O–H groups in total. The molecule has 1 aliphatic rings. The molecule has 0 saturated heterocycles. The fourth-order valence-electron chi connectivity index (χ4n) is 3.48. The molecule has 1 unspecified atom stereocenters. The number of hydrogen-bond acceptors (Lipinski definition) is 6. The van der Waals surface area contributed by atoms with Gasteiger partial charge in [-0.05, 0) is 48.2 Å². The van der Waals surface area contributed by atoms with E-state index in [9.17, 15) is 9.59 Å². The number of nitrogens with zero attached hydrogens (tertiary/aromatic N) is 1. The molecule has 4 rings (SSSR count). The lowest BCUT2D eigenvalue weighted by Crippen LogP contribution is -2.37. The summed E-state index contributed by atoms with van der Waals surface area (Å²) in [4.78, 5) is 26.7. The summed E-state index contributed by atoms with van der Waals surface area (Å²) in [7, 11) is 0. The largest absolute Gasteiger partial charge is 0.485 e. The molecule has 1 aromatic heterocycles. The highest BCUT2D eigenvalue weighted by atomic mass is 16.5. The Morgan fingerprint density at radius 1 is 1.19 bits per heavy atom. The number of carboxylic acids is 1. The second-order valence-electron chi connectivity index (χ2n) is 7.51. The van der Waals surface area contributed by atoms with Crippen LogP contribution in [0, 0.1) is 0 Å². The number of nitrogens with one attached hydrogen (secondary N) is 1. The highest BCUT2D eigenvalue weighted by molar-refractivity contribution is 5.96. The van der Waals surface area contributed by atoms with E-state index in [-0.39, 0.29) is 6.10 Å². The first-order valence-electron chi connectivity index (χ1n) is 10.2. The summed E-state index contributed by atoms with van der Waals surface area (Å²) in [5, 5.41) is 11.3. The fourth-order valence-corrected chi connectivity index (χ4v) is 3.48. The average Bonchev–Trinajstić information content (AvgIpc) is 2.80. The third kappa shape index (κ3) is 5.22. The molecule has 0 spiro atoms. The lowest BCUT2D eigenvalue weighted by molar-refractivity contribution is -0.138. The summed E-state index contributed by atoms with van der Waals surface area (Å²) in [6, 6.07) is 17.9. The topological polar surface area (TPSA) is 124 Å². The number of pyridine rings is 1. The van der Waals surface area contributed by atoms with Gasteiger partial charge in [0.15, 0.2) is 0 Å². The molecular formula is C24H23N3O5. The molecule has 2 aromatic carbocycles. The van der Waals surface area contributed by atoms with E-state index in [0.29, 0.717) is 17.3 Å². The third-order valence-corrected chi connectivity index (χ3v) is 5.11. The summed E-state index contributed by atoms with van der Waals surface area (Å²) in [6.07, 6.45) is 2.78. The van der Waals surface area contributed by atoms with Gasteiger partial charge in [-0.25, -0.2) is 4.98 Å². The summed E-state index contributed by atoms with van der Waals surface area (Å²) in [6.45, 7) is 0. The number of carboxylic acid groups (broad SMARTS) is 1. The SMILES string of the molecule is NC(CC(=O)O)C(=O)Nc1ccc(Oc2ccc3c(c2)CC[C@@H](c2ccccc2)O3)nc1. The van der Waals surface area contributed by atoms with Crippen molar-refractivity contribution in [3.8, 4) is 17.4 Å². The Kier molecular flexibility index (Phi) is 6.32. The van der Waals surface area contributed by atoms with Gasteiger partial charge in [0, 0.05) is 6.07 Å². The van der Waals surface area contributed by atoms with Crippen molar-refractivity contribution in [1.29, 1.82) is 0 Å². The van der Waals surface area contributed by atoms with E-state index in [1.807, 2.05) is 36.4 Å². The number of amides is 1. The van der Waals surface area contributed by atoms with Gasteiger partial charge in [0.2, 0.25) is 11.8 Å². The molecule has 0 fully saturated rings. The predicted octanol–water partition coefficient (Wildman–Crippen LogP) is 3.68.